The van der Waals surface area contributed by atoms with E-state index >= 15 is 0 Å². The summed E-state index contributed by atoms with van der Waals surface area (Å²) in [5.41, 5.74) is 2.48. The number of nitrogens with zero attached hydrogens (tertiary/aromatic N) is 1. The average Bonchev–Trinajstić information content (AvgIpc) is 2.28. The molecule has 0 aliphatic heterocycles. The first kappa shape index (κ1) is 13.2. The van der Waals surface area contributed by atoms with E-state index in [9.17, 15) is 4.79 Å². The largest absolute Gasteiger partial charge is 0.345 e. The maximum Gasteiger partial charge on any atom is 0.222 e. The van der Waals surface area contributed by atoms with Gasteiger partial charge in [0.05, 0.1) is 0 Å². The number of alkyl halides is 1. The van der Waals surface area contributed by atoms with E-state index in [1.54, 1.807) is 4.90 Å². The summed E-state index contributed by atoms with van der Waals surface area (Å²) >= 11 is 3.33. The highest BCUT2D eigenvalue weighted by Gasteiger charge is 2.07. The van der Waals surface area contributed by atoms with E-state index in [0.29, 0.717) is 6.42 Å². The standard InChI is InChI=1S/C13H18BrNO/c1-11-3-5-12(6-4-11)7-8-13(16)15(2)10-9-14/h3-6H,7-10H2,1-2H3. The van der Waals surface area contributed by atoms with Crippen molar-refractivity contribution in [2.45, 2.75) is 19.8 Å². The van der Waals surface area contributed by atoms with Gasteiger partial charge in [0.15, 0.2) is 0 Å². The molecule has 1 aromatic carbocycles. The summed E-state index contributed by atoms with van der Waals surface area (Å²) in [5, 5.41) is 0.833. The Kier molecular flexibility index (Phi) is 5.53. The maximum atomic E-state index is 11.7. The highest BCUT2D eigenvalue weighted by Crippen LogP contribution is 2.06. The SMILES string of the molecule is Cc1ccc(CCC(=O)N(C)CCBr)cc1. The van der Waals surface area contributed by atoms with Crippen molar-refractivity contribution in [2.24, 2.45) is 0 Å². The van der Waals surface area contributed by atoms with Crippen molar-refractivity contribution in [2.75, 3.05) is 18.9 Å². The van der Waals surface area contributed by atoms with Crippen LogP contribution in [0.1, 0.15) is 17.5 Å². The molecule has 16 heavy (non-hydrogen) atoms. The molecule has 0 aliphatic carbocycles. The molecule has 0 atom stereocenters. The van der Waals surface area contributed by atoms with E-state index in [4.69, 9.17) is 0 Å². The molecule has 0 saturated carbocycles. The lowest BCUT2D eigenvalue weighted by atomic mass is 10.1. The quantitative estimate of drug-likeness (QED) is 0.761. The summed E-state index contributed by atoms with van der Waals surface area (Å²) < 4.78 is 0. The normalized spacial score (nSPS) is 10.2. The molecule has 0 aliphatic rings. The molecule has 1 amide bonds. The molecule has 0 fully saturated rings. The zero-order chi connectivity index (χ0) is 12.0. The molecule has 0 spiro atoms. The first-order valence-electron chi connectivity index (χ1n) is 5.49. The minimum absolute atomic E-state index is 0.208. The molecule has 0 aromatic heterocycles. The predicted molar refractivity (Wildman–Crippen MR) is 70.9 cm³/mol. The van der Waals surface area contributed by atoms with Crippen LogP contribution in [0.4, 0.5) is 0 Å². The van der Waals surface area contributed by atoms with Gasteiger partial charge in [-0.25, -0.2) is 0 Å². The number of aryl methyl sites for hydroxylation is 2. The van der Waals surface area contributed by atoms with Crippen molar-refractivity contribution in [3.63, 3.8) is 0 Å². The summed E-state index contributed by atoms with van der Waals surface area (Å²) in [4.78, 5) is 13.4. The molecule has 0 N–H and O–H groups in total. The first-order chi connectivity index (χ1) is 7.63. The molecule has 1 aromatic rings. The lowest BCUT2D eigenvalue weighted by Gasteiger charge is -2.15. The van der Waals surface area contributed by atoms with Crippen molar-refractivity contribution in [1.29, 1.82) is 0 Å². The number of halogens is 1. The second-order valence-electron chi connectivity index (χ2n) is 3.99. The molecular weight excluding hydrogens is 266 g/mol. The fourth-order valence-corrected chi connectivity index (χ4v) is 1.98. The molecule has 3 heteroatoms. The number of amides is 1. The third-order valence-electron chi connectivity index (χ3n) is 2.59. The second-order valence-corrected chi connectivity index (χ2v) is 4.78. The van der Waals surface area contributed by atoms with Crippen molar-refractivity contribution < 1.29 is 4.79 Å². The van der Waals surface area contributed by atoms with Crippen LogP contribution < -0.4 is 0 Å². The van der Waals surface area contributed by atoms with E-state index in [-0.39, 0.29) is 5.91 Å². The van der Waals surface area contributed by atoms with Gasteiger partial charge in [0.25, 0.3) is 0 Å². The van der Waals surface area contributed by atoms with Gasteiger partial charge in [0.1, 0.15) is 0 Å². The van der Waals surface area contributed by atoms with Gasteiger partial charge < -0.3 is 4.90 Å². The van der Waals surface area contributed by atoms with Crippen LogP contribution >= 0.6 is 15.9 Å². The molecule has 88 valence electrons. The Morgan fingerprint density at radius 1 is 1.31 bits per heavy atom. The second kappa shape index (κ2) is 6.69. The van der Waals surface area contributed by atoms with Gasteiger partial charge in [-0.2, -0.15) is 0 Å². The zero-order valence-corrected chi connectivity index (χ0v) is 11.5. The lowest BCUT2D eigenvalue weighted by Crippen LogP contribution is -2.28. The minimum Gasteiger partial charge on any atom is -0.345 e. The monoisotopic (exact) mass is 283 g/mol. The van der Waals surface area contributed by atoms with Crippen molar-refractivity contribution in [1.82, 2.24) is 4.90 Å². The van der Waals surface area contributed by atoms with Gasteiger partial charge >= 0.3 is 0 Å². The zero-order valence-electron chi connectivity index (χ0n) is 9.87. The third kappa shape index (κ3) is 4.35. The number of benzene rings is 1. The van der Waals surface area contributed by atoms with Gasteiger partial charge in [-0.05, 0) is 18.9 Å². The van der Waals surface area contributed by atoms with E-state index in [0.717, 1.165) is 18.3 Å². The van der Waals surface area contributed by atoms with Crippen LogP contribution in [0.25, 0.3) is 0 Å². The van der Waals surface area contributed by atoms with Crippen LogP contribution in [-0.2, 0) is 11.2 Å². The van der Waals surface area contributed by atoms with Crippen LogP contribution in [0.15, 0.2) is 24.3 Å². The molecule has 1 rings (SSSR count). The maximum absolute atomic E-state index is 11.7. The average molecular weight is 284 g/mol. The smallest absolute Gasteiger partial charge is 0.222 e. The lowest BCUT2D eigenvalue weighted by molar-refractivity contribution is -0.129. The number of rotatable bonds is 5. The number of hydrogen-bond donors (Lipinski definition) is 0. The number of hydrogen-bond acceptors (Lipinski definition) is 1. The van der Waals surface area contributed by atoms with Gasteiger partial charge in [0, 0.05) is 25.3 Å². The predicted octanol–water partition coefficient (Wildman–Crippen LogP) is 2.78. The Bertz CT molecular complexity index is 334. The Hall–Kier alpha value is -0.830. The van der Waals surface area contributed by atoms with Crippen molar-refractivity contribution >= 4 is 21.8 Å². The molecule has 0 heterocycles. The molecular formula is C13H18BrNO. The first-order valence-corrected chi connectivity index (χ1v) is 6.61. The fraction of sp³-hybridized carbons (Fsp3) is 0.462. The summed E-state index contributed by atoms with van der Waals surface area (Å²) in [6.45, 7) is 2.84. The molecule has 0 saturated heterocycles. The van der Waals surface area contributed by atoms with E-state index in [1.807, 2.05) is 7.05 Å². The van der Waals surface area contributed by atoms with Gasteiger partial charge in [-0.3, -0.25) is 4.79 Å². The molecule has 0 bridgehead atoms. The van der Waals surface area contributed by atoms with Crippen LogP contribution in [0, 0.1) is 6.92 Å². The van der Waals surface area contributed by atoms with E-state index < -0.39 is 0 Å². The number of carbonyl (C=O) groups excluding carboxylic acids is 1. The van der Waals surface area contributed by atoms with Crippen molar-refractivity contribution in [3.8, 4) is 0 Å². The number of carbonyl (C=O) groups is 1. The van der Waals surface area contributed by atoms with Gasteiger partial charge in [-0.1, -0.05) is 45.8 Å². The summed E-state index contributed by atoms with van der Waals surface area (Å²) in [5.74, 6) is 0.208. The van der Waals surface area contributed by atoms with Crippen LogP contribution in [-0.4, -0.2) is 29.7 Å². The molecule has 2 nitrogen and oxygen atoms in total. The summed E-state index contributed by atoms with van der Waals surface area (Å²) in [7, 11) is 1.85. The Morgan fingerprint density at radius 2 is 1.94 bits per heavy atom. The highest BCUT2D eigenvalue weighted by molar-refractivity contribution is 9.09. The fourth-order valence-electron chi connectivity index (χ4n) is 1.45. The van der Waals surface area contributed by atoms with E-state index in [1.165, 1.54) is 11.1 Å². The Morgan fingerprint density at radius 3 is 2.50 bits per heavy atom. The topological polar surface area (TPSA) is 20.3 Å². The van der Waals surface area contributed by atoms with E-state index in [2.05, 4.69) is 47.1 Å². The van der Waals surface area contributed by atoms with Crippen molar-refractivity contribution in [3.05, 3.63) is 35.4 Å². The van der Waals surface area contributed by atoms with Crippen LogP contribution in [0.5, 0.6) is 0 Å². The Labute approximate surface area is 106 Å². The van der Waals surface area contributed by atoms with Crippen LogP contribution in [0.3, 0.4) is 0 Å². The summed E-state index contributed by atoms with van der Waals surface area (Å²) in [6.07, 6.45) is 1.41. The third-order valence-corrected chi connectivity index (χ3v) is 2.95. The van der Waals surface area contributed by atoms with Crippen LogP contribution in [0.2, 0.25) is 0 Å². The van der Waals surface area contributed by atoms with Gasteiger partial charge in [0.2, 0.25) is 5.91 Å². The molecule has 0 unspecified atom stereocenters. The minimum atomic E-state index is 0.208. The molecule has 0 radical (unpaired) electrons. The van der Waals surface area contributed by atoms with Gasteiger partial charge in [-0.15, -0.1) is 0 Å². The highest BCUT2D eigenvalue weighted by atomic mass is 79.9. The summed E-state index contributed by atoms with van der Waals surface area (Å²) in [6, 6.07) is 8.35. The Balaban J connectivity index is 2.39.